The zero-order valence-corrected chi connectivity index (χ0v) is 22.3. The van der Waals surface area contributed by atoms with Crippen LogP contribution in [0.4, 0.5) is 0 Å². The van der Waals surface area contributed by atoms with Crippen molar-refractivity contribution in [2.24, 2.45) is 4.40 Å². The summed E-state index contributed by atoms with van der Waals surface area (Å²) in [6, 6.07) is 30.9. The van der Waals surface area contributed by atoms with Gasteiger partial charge < -0.3 is 0 Å². The van der Waals surface area contributed by atoms with Gasteiger partial charge in [-0.1, -0.05) is 96.1 Å². The van der Waals surface area contributed by atoms with E-state index < -0.39 is 20.0 Å². The van der Waals surface area contributed by atoms with E-state index in [2.05, 4.69) is 4.40 Å². The smallest absolute Gasteiger partial charge is 0.248 e. The fourth-order valence-corrected chi connectivity index (χ4v) is 6.26. The highest BCUT2D eigenvalue weighted by Gasteiger charge is 2.30. The molecule has 0 aliphatic carbocycles. The summed E-state index contributed by atoms with van der Waals surface area (Å²) in [5.74, 6) is -0.0868. The Balaban J connectivity index is 1.90. The first-order valence-electron chi connectivity index (χ1n) is 11.7. The zero-order chi connectivity index (χ0) is 26.5. The monoisotopic (exact) mass is 532 g/mol. The number of aryl methyl sites for hydroxylation is 2. The maximum atomic E-state index is 14.0. The molecule has 4 rings (SSSR count). The van der Waals surface area contributed by atoms with Crippen LogP contribution in [0.3, 0.4) is 0 Å². The molecule has 4 aromatic carbocycles. The Labute approximate surface area is 219 Å². The Hall–Kier alpha value is -3.75. The Morgan fingerprint density at radius 3 is 1.59 bits per heavy atom. The van der Waals surface area contributed by atoms with Gasteiger partial charge >= 0.3 is 0 Å². The molecule has 0 fully saturated rings. The molecule has 0 saturated carbocycles. The molecule has 6 nitrogen and oxygen atoms in total. The van der Waals surface area contributed by atoms with Crippen molar-refractivity contribution < 1.29 is 16.8 Å². The molecule has 0 aliphatic rings. The first-order valence-corrected chi connectivity index (χ1v) is 14.6. The van der Waals surface area contributed by atoms with Crippen molar-refractivity contribution in [2.75, 3.05) is 0 Å². The van der Waals surface area contributed by atoms with E-state index in [9.17, 15) is 16.8 Å². The third-order valence-electron chi connectivity index (χ3n) is 5.82. The van der Waals surface area contributed by atoms with E-state index in [0.717, 1.165) is 21.0 Å². The van der Waals surface area contributed by atoms with E-state index in [4.69, 9.17) is 0 Å². The van der Waals surface area contributed by atoms with Crippen molar-refractivity contribution >= 4 is 25.9 Å². The lowest BCUT2D eigenvalue weighted by Gasteiger charge is -2.26. The van der Waals surface area contributed by atoms with Crippen LogP contribution < -0.4 is 0 Å². The van der Waals surface area contributed by atoms with Crippen LogP contribution in [0.25, 0.3) is 0 Å². The second-order valence-corrected chi connectivity index (χ2v) is 12.2. The van der Waals surface area contributed by atoms with E-state index in [1.807, 2.05) is 62.4 Å². The maximum Gasteiger partial charge on any atom is 0.283 e. The molecular formula is C29H28N2O4S2. The van der Waals surface area contributed by atoms with Crippen molar-refractivity contribution in [1.29, 1.82) is 0 Å². The van der Waals surface area contributed by atoms with Crippen LogP contribution in [-0.4, -0.2) is 27.0 Å². The zero-order valence-electron chi connectivity index (χ0n) is 20.7. The Morgan fingerprint density at radius 2 is 1.08 bits per heavy atom. The van der Waals surface area contributed by atoms with Gasteiger partial charge in [-0.3, -0.25) is 0 Å². The quantitative estimate of drug-likeness (QED) is 0.221. The number of hydrogen-bond donors (Lipinski definition) is 0. The molecule has 0 heterocycles. The minimum atomic E-state index is -4.20. The first-order chi connectivity index (χ1) is 17.6. The maximum absolute atomic E-state index is 14.0. The van der Waals surface area contributed by atoms with Crippen LogP contribution in [-0.2, 0) is 33.0 Å². The molecule has 190 valence electrons. The average Bonchev–Trinajstić information content (AvgIpc) is 2.88. The molecule has 0 N–H and O–H groups in total. The largest absolute Gasteiger partial charge is 0.283 e. The van der Waals surface area contributed by atoms with Gasteiger partial charge in [0.15, 0.2) is 0 Å². The minimum absolute atomic E-state index is 0.00365. The summed E-state index contributed by atoms with van der Waals surface area (Å²) < 4.78 is 60.0. The number of amidine groups is 1. The molecule has 37 heavy (non-hydrogen) atoms. The molecule has 0 amide bonds. The van der Waals surface area contributed by atoms with E-state index in [0.29, 0.717) is 5.56 Å². The van der Waals surface area contributed by atoms with Crippen LogP contribution in [0, 0.1) is 13.8 Å². The van der Waals surface area contributed by atoms with Crippen molar-refractivity contribution in [3.63, 3.8) is 0 Å². The number of hydrogen-bond acceptors (Lipinski definition) is 4. The highest BCUT2D eigenvalue weighted by Crippen LogP contribution is 2.23. The summed E-state index contributed by atoms with van der Waals surface area (Å²) >= 11 is 0. The van der Waals surface area contributed by atoms with Gasteiger partial charge in [0.25, 0.3) is 20.0 Å². The summed E-state index contributed by atoms with van der Waals surface area (Å²) in [5.41, 5.74) is 3.25. The summed E-state index contributed by atoms with van der Waals surface area (Å²) in [5, 5.41) is 0. The Morgan fingerprint density at radius 1 is 0.622 bits per heavy atom. The summed E-state index contributed by atoms with van der Waals surface area (Å²) in [4.78, 5) is 0.0542. The molecule has 0 saturated heterocycles. The molecule has 0 spiro atoms. The molecule has 0 aliphatic heterocycles. The van der Waals surface area contributed by atoms with E-state index >= 15 is 0 Å². The highest BCUT2D eigenvalue weighted by molar-refractivity contribution is 7.91. The summed E-state index contributed by atoms with van der Waals surface area (Å²) in [7, 11) is -8.36. The molecule has 0 aromatic heterocycles. The second kappa shape index (κ2) is 11.1. The van der Waals surface area contributed by atoms with Gasteiger partial charge in [0.1, 0.15) is 5.84 Å². The Kier molecular flexibility index (Phi) is 7.90. The van der Waals surface area contributed by atoms with Crippen LogP contribution in [0.15, 0.2) is 123 Å². The van der Waals surface area contributed by atoms with Gasteiger partial charge in [-0.15, -0.1) is 4.40 Å². The van der Waals surface area contributed by atoms with E-state index in [1.165, 1.54) is 24.3 Å². The third-order valence-corrected chi connectivity index (χ3v) is 8.92. The van der Waals surface area contributed by atoms with E-state index in [1.54, 1.807) is 36.4 Å². The third kappa shape index (κ3) is 6.53. The van der Waals surface area contributed by atoms with Gasteiger partial charge in [0.2, 0.25) is 0 Å². The molecule has 0 bridgehead atoms. The SMILES string of the molecule is Cc1ccc(S(=O)(=O)/N=C(\Cc2ccccc2)N(Cc2ccccc2)S(=O)(=O)c2ccc(C)cc2)cc1. The molecule has 4 aromatic rings. The lowest BCUT2D eigenvalue weighted by molar-refractivity contribution is 0.515. The number of benzene rings is 4. The number of sulfonamides is 2. The average molecular weight is 533 g/mol. The number of rotatable bonds is 8. The predicted molar refractivity (Wildman–Crippen MR) is 146 cm³/mol. The fourth-order valence-electron chi connectivity index (χ4n) is 3.75. The van der Waals surface area contributed by atoms with Gasteiger partial charge in [-0.2, -0.15) is 8.42 Å². The Bertz CT molecular complexity index is 1580. The van der Waals surface area contributed by atoms with Gasteiger partial charge in [0, 0.05) is 6.42 Å². The summed E-state index contributed by atoms with van der Waals surface area (Å²) in [6.45, 7) is 3.65. The lowest BCUT2D eigenvalue weighted by Crippen LogP contribution is -2.38. The predicted octanol–water partition coefficient (Wildman–Crippen LogP) is 5.52. The van der Waals surface area contributed by atoms with Gasteiger partial charge in [-0.25, -0.2) is 12.7 Å². The fraction of sp³-hybridized carbons (Fsp3) is 0.138. The second-order valence-electron chi connectivity index (χ2n) is 8.77. The van der Waals surface area contributed by atoms with Crippen LogP contribution in [0.5, 0.6) is 0 Å². The highest BCUT2D eigenvalue weighted by atomic mass is 32.2. The minimum Gasteiger partial charge on any atom is -0.248 e. The van der Waals surface area contributed by atoms with Crippen molar-refractivity contribution in [3.8, 4) is 0 Å². The van der Waals surface area contributed by atoms with E-state index in [-0.39, 0.29) is 28.6 Å². The normalized spacial score (nSPS) is 12.3. The summed E-state index contributed by atoms with van der Waals surface area (Å²) in [6.07, 6.45) is 0.00383. The number of nitrogens with zero attached hydrogens (tertiary/aromatic N) is 2. The van der Waals surface area contributed by atoms with Crippen LogP contribution in [0.2, 0.25) is 0 Å². The topological polar surface area (TPSA) is 83.9 Å². The van der Waals surface area contributed by atoms with Crippen LogP contribution >= 0.6 is 0 Å². The molecule has 0 radical (unpaired) electrons. The molecule has 8 heteroatoms. The van der Waals surface area contributed by atoms with Gasteiger partial charge in [0.05, 0.1) is 16.3 Å². The molecular weight excluding hydrogens is 504 g/mol. The van der Waals surface area contributed by atoms with Crippen molar-refractivity contribution in [2.45, 2.75) is 36.6 Å². The molecule has 0 unspecified atom stereocenters. The molecule has 0 atom stereocenters. The van der Waals surface area contributed by atoms with Crippen molar-refractivity contribution in [1.82, 2.24) is 4.31 Å². The van der Waals surface area contributed by atoms with Crippen molar-refractivity contribution in [3.05, 3.63) is 131 Å². The van der Waals surface area contributed by atoms with Gasteiger partial charge in [-0.05, 0) is 49.2 Å². The lowest BCUT2D eigenvalue weighted by atomic mass is 10.1. The standard InChI is InChI=1S/C29H28N2O4S2/c1-23-13-17-27(18-14-23)36(32,33)30-29(21-25-9-5-3-6-10-25)31(22-26-11-7-4-8-12-26)37(34,35)28-19-15-24(2)16-20-28/h3-20H,21-22H2,1-2H3/b30-29+. The van der Waals surface area contributed by atoms with Crippen LogP contribution in [0.1, 0.15) is 22.3 Å². The first kappa shape index (κ1) is 26.3.